The normalized spacial score (nSPS) is 10.1. The van der Waals surface area contributed by atoms with Gasteiger partial charge in [0, 0.05) is 14.2 Å². The van der Waals surface area contributed by atoms with Crippen molar-refractivity contribution in [2.45, 2.75) is 19.3 Å². The maximum absolute atomic E-state index is 5.19. The molecule has 1 aromatic rings. The molecule has 0 aromatic heterocycles. The molecule has 0 radical (unpaired) electrons. The number of benzene rings is 1. The van der Waals surface area contributed by atoms with Crippen LogP contribution in [0.25, 0.3) is 0 Å². The first kappa shape index (κ1) is 13.0. The second kappa shape index (κ2) is 7.26. The number of allylic oxidation sites excluding steroid dienone is 1. The van der Waals surface area contributed by atoms with Crippen molar-refractivity contribution in [3.05, 3.63) is 42.5 Å². The molecule has 0 atom stereocenters. The van der Waals surface area contributed by atoms with E-state index < -0.39 is 0 Å². The summed E-state index contributed by atoms with van der Waals surface area (Å²) >= 11 is 0. The highest BCUT2D eigenvalue weighted by atomic mass is 16.6. The largest absolute Gasteiger partial charge is 0.493 e. The van der Waals surface area contributed by atoms with Crippen molar-refractivity contribution >= 4 is 12.6 Å². The highest BCUT2D eigenvalue weighted by Gasteiger charge is 2.16. The van der Waals surface area contributed by atoms with Crippen LogP contribution in [0.5, 0.6) is 0 Å². The van der Waals surface area contributed by atoms with Crippen molar-refractivity contribution < 1.29 is 9.31 Å². The zero-order valence-corrected chi connectivity index (χ0v) is 10.1. The smallest absolute Gasteiger partial charge is 0.410 e. The van der Waals surface area contributed by atoms with Gasteiger partial charge in [-0.05, 0) is 30.3 Å². The molecule has 0 saturated carbocycles. The molecule has 0 aliphatic carbocycles. The van der Waals surface area contributed by atoms with Crippen LogP contribution in [0.3, 0.4) is 0 Å². The number of unbranched alkanes of at least 4 members (excludes halogenated alkanes) is 1. The molecule has 0 aliphatic heterocycles. The third kappa shape index (κ3) is 3.84. The van der Waals surface area contributed by atoms with E-state index in [2.05, 4.69) is 30.8 Å². The fourth-order valence-electron chi connectivity index (χ4n) is 1.66. The van der Waals surface area contributed by atoms with Crippen LogP contribution < -0.4 is 5.46 Å². The molecular weight excluding hydrogens is 199 g/mol. The molecule has 0 spiro atoms. The van der Waals surface area contributed by atoms with Crippen LogP contribution in [0.1, 0.15) is 18.4 Å². The third-order valence-electron chi connectivity index (χ3n) is 2.55. The Kier molecular flexibility index (Phi) is 5.90. The van der Waals surface area contributed by atoms with Crippen LogP contribution >= 0.6 is 0 Å². The number of aryl methyl sites for hydroxylation is 1. The first-order valence-corrected chi connectivity index (χ1v) is 5.57. The summed E-state index contributed by atoms with van der Waals surface area (Å²) in [7, 11) is 3.03. The average molecular weight is 218 g/mol. The molecule has 0 heterocycles. The summed E-state index contributed by atoms with van der Waals surface area (Å²) < 4.78 is 10.4. The zero-order chi connectivity index (χ0) is 11.8. The Labute approximate surface area is 98.4 Å². The van der Waals surface area contributed by atoms with Gasteiger partial charge in [0.1, 0.15) is 0 Å². The van der Waals surface area contributed by atoms with Gasteiger partial charge in [-0.15, -0.1) is 6.58 Å². The summed E-state index contributed by atoms with van der Waals surface area (Å²) in [5.41, 5.74) is 2.40. The predicted octanol–water partition coefficient (Wildman–Crippen LogP) is 2.18. The number of rotatable bonds is 7. The van der Waals surface area contributed by atoms with Crippen molar-refractivity contribution in [2.75, 3.05) is 14.2 Å². The van der Waals surface area contributed by atoms with Crippen molar-refractivity contribution in [1.82, 2.24) is 0 Å². The second-order valence-corrected chi connectivity index (χ2v) is 3.73. The van der Waals surface area contributed by atoms with E-state index in [1.54, 1.807) is 14.2 Å². The molecule has 0 N–H and O–H groups in total. The SMILES string of the molecule is C=CCCCc1ccc(B(OC)OC)cc1. The van der Waals surface area contributed by atoms with Gasteiger partial charge in [-0.2, -0.15) is 0 Å². The molecule has 0 saturated heterocycles. The van der Waals surface area contributed by atoms with E-state index in [0.29, 0.717) is 0 Å². The lowest BCUT2D eigenvalue weighted by atomic mass is 9.78. The molecule has 0 bridgehead atoms. The topological polar surface area (TPSA) is 18.5 Å². The summed E-state index contributed by atoms with van der Waals surface area (Å²) in [6.45, 7) is 3.72. The minimum absolute atomic E-state index is 0.262. The standard InChI is InChI=1S/C13H19BO2/c1-4-5-6-7-12-8-10-13(11-9-12)14(15-2)16-3/h4,8-11H,1,5-7H2,2-3H3. The first-order valence-electron chi connectivity index (χ1n) is 5.57. The molecule has 86 valence electrons. The van der Waals surface area contributed by atoms with Gasteiger partial charge < -0.3 is 9.31 Å². The van der Waals surface area contributed by atoms with E-state index in [1.165, 1.54) is 5.56 Å². The molecule has 0 fully saturated rings. The zero-order valence-electron chi connectivity index (χ0n) is 10.1. The molecule has 0 amide bonds. The minimum Gasteiger partial charge on any atom is -0.410 e. The van der Waals surface area contributed by atoms with Gasteiger partial charge in [0.05, 0.1) is 0 Å². The van der Waals surface area contributed by atoms with Crippen molar-refractivity contribution in [3.8, 4) is 0 Å². The van der Waals surface area contributed by atoms with Crippen LogP contribution in [-0.4, -0.2) is 21.3 Å². The predicted molar refractivity (Wildman–Crippen MR) is 69.0 cm³/mol. The summed E-state index contributed by atoms with van der Waals surface area (Å²) in [5, 5.41) is 0. The Morgan fingerprint density at radius 2 is 1.81 bits per heavy atom. The molecule has 2 nitrogen and oxygen atoms in total. The van der Waals surface area contributed by atoms with Gasteiger partial charge in [-0.25, -0.2) is 0 Å². The van der Waals surface area contributed by atoms with Crippen LogP contribution in [0.15, 0.2) is 36.9 Å². The van der Waals surface area contributed by atoms with Gasteiger partial charge in [0.25, 0.3) is 0 Å². The monoisotopic (exact) mass is 218 g/mol. The Bertz CT molecular complexity index is 304. The maximum atomic E-state index is 5.19. The number of hydrogen-bond acceptors (Lipinski definition) is 2. The lowest BCUT2D eigenvalue weighted by Gasteiger charge is -2.09. The Morgan fingerprint density at radius 3 is 2.31 bits per heavy atom. The molecule has 16 heavy (non-hydrogen) atoms. The van der Waals surface area contributed by atoms with Crippen molar-refractivity contribution in [3.63, 3.8) is 0 Å². The van der Waals surface area contributed by atoms with E-state index in [9.17, 15) is 0 Å². The van der Waals surface area contributed by atoms with E-state index in [1.807, 2.05) is 6.08 Å². The van der Waals surface area contributed by atoms with E-state index >= 15 is 0 Å². The summed E-state index contributed by atoms with van der Waals surface area (Å²) in [6, 6.07) is 8.37. The van der Waals surface area contributed by atoms with Gasteiger partial charge in [0.15, 0.2) is 0 Å². The maximum Gasteiger partial charge on any atom is 0.493 e. The van der Waals surface area contributed by atoms with Crippen LogP contribution in [0, 0.1) is 0 Å². The van der Waals surface area contributed by atoms with Crippen LogP contribution in [-0.2, 0) is 15.7 Å². The third-order valence-corrected chi connectivity index (χ3v) is 2.55. The van der Waals surface area contributed by atoms with E-state index in [0.717, 1.165) is 24.7 Å². The van der Waals surface area contributed by atoms with Gasteiger partial charge in [-0.1, -0.05) is 30.3 Å². The molecular formula is C13H19BO2. The first-order chi connectivity index (χ1) is 7.81. The second-order valence-electron chi connectivity index (χ2n) is 3.73. The van der Waals surface area contributed by atoms with Crippen molar-refractivity contribution in [1.29, 1.82) is 0 Å². The molecule has 0 aliphatic rings. The Hall–Kier alpha value is -1.06. The van der Waals surface area contributed by atoms with Gasteiger partial charge >= 0.3 is 7.12 Å². The van der Waals surface area contributed by atoms with E-state index in [4.69, 9.17) is 9.31 Å². The average Bonchev–Trinajstić information content (AvgIpc) is 2.33. The summed E-state index contributed by atoms with van der Waals surface area (Å²) in [5.74, 6) is 0. The summed E-state index contributed by atoms with van der Waals surface area (Å²) in [6.07, 6.45) is 5.28. The lowest BCUT2D eigenvalue weighted by molar-refractivity contribution is 0.292. The highest BCUT2D eigenvalue weighted by molar-refractivity contribution is 6.61. The molecule has 0 unspecified atom stereocenters. The highest BCUT2D eigenvalue weighted by Crippen LogP contribution is 2.04. The van der Waals surface area contributed by atoms with Gasteiger partial charge in [-0.3, -0.25) is 0 Å². The van der Waals surface area contributed by atoms with Crippen molar-refractivity contribution in [2.24, 2.45) is 0 Å². The molecule has 1 rings (SSSR count). The van der Waals surface area contributed by atoms with E-state index in [-0.39, 0.29) is 7.12 Å². The molecule has 1 aromatic carbocycles. The van der Waals surface area contributed by atoms with Crippen LogP contribution in [0.2, 0.25) is 0 Å². The fourth-order valence-corrected chi connectivity index (χ4v) is 1.66. The minimum atomic E-state index is -0.262. The quantitative estimate of drug-likeness (QED) is 0.396. The Morgan fingerprint density at radius 1 is 1.19 bits per heavy atom. The Balaban J connectivity index is 2.56. The van der Waals surface area contributed by atoms with Crippen LogP contribution in [0.4, 0.5) is 0 Å². The van der Waals surface area contributed by atoms with Gasteiger partial charge in [0.2, 0.25) is 0 Å². The fraction of sp³-hybridized carbons (Fsp3) is 0.385. The number of hydrogen-bond donors (Lipinski definition) is 0. The molecule has 3 heteroatoms. The summed E-state index contributed by atoms with van der Waals surface area (Å²) in [4.78, 5) is 0. The lowest BCUT2D eigenvalue weighted by Crippen LogP contribution is -2.34.